The van der Waals surface area contributed by atoms with Crippen LogP contribution in [0.25, 0.3) is 0 Å². The van der Waals surface area contributed by atoms with E-state index in [1.54, 1.807) is 0 Å². The molecule has 0 bridgehead atoms. The molecule has 1 aromatic rings. The van der Waals surface area contributed by atoms with Gasteiger partial charge in [0.05, 0.1) is 30.1 Å². The molecule has 0 saturated carbocycles. The van der Waals surface area contributed by atoms with E-state index in [1.165, 1.54) is 12.1 Å². The second-order valence-corrected chi connectivity index (χ2v) is 5.61. The van der Waals surface area contributed by atoms with Gasteiger partial charge in [0.25, 0.3) is 0 Å². The summed E-state index contributed by atoms with van der Waals surface area (Å²) in [5.41, 5.74) is 0.726. The van der Waals surface area contributed by atoms with Crippen molar-refractivity contribution < 1.29 is 14.2 Å². The molecule has 0 heterocycles. The predicted octanol–water partition coefficient (Wildman–Crippen LogP) is 2.92. The maximum Gasteiger partial charge on any atom is 0.124 e. The van der Waals surface area contributed by atoms with E-state index in [0.29, 0.717) is 11.6 Å². The van der Waals surface area contributed by atoms with Gasteiger partial charge in [-0.05, 0) is 37.5 Å². The number of nitrogens with zero attached hydrogens (tertiary/aromatic N) is 1. The van der Waals surface area contributed by atoms with Crippen LogP contribution in [-0.2, 0) is 4.74 Å². The van der Waals surface area contributed by atoms with Crippen molar-refractivity contribution in [3.05, 3.63) is 29.6 Å². The Morgan fingerprint density at radius 2 is 2.10 bits per heavy atom. The van der Waals surface area contributed by atoms with Gasteiger partial charge in [0.1, 0.15) is 11.9 Å². The Balaban J connectivity index is 2.40. The van der Waals surface area contributed by atoms with E-state index in [4.69, 9.17) is 10.00 Å². The highest BCUT2D eigenvalue weighted by atomic mass is 19.1. The van der Waals surface area contributed by atoms with Crippen molar-refractivity contribution in [2.45, 2.75) is 39.4 Å². The minimum atomic E-state index is -0.684. The Morgan fingerprint density at radius 1 is 1.38 bits per heavy atom. The van der Waals surface area contributed by atoms with Crippen LogP contribution >= 0.6 is 0 Å². The molecule has 0 spiro atoms. The summed E-state index contributed by atoms with van der Waals surface area (Å²) in [4.78, 5) is 0. The molecular formula is C16H23FN2O2. The number of hydrogen-bond acceptors (Lipinski definition) is 4. The molecule has 1 aromatic carbocycles. The van der Waals surface area contributed by atoms with Crippen molar-refractivity contribution in [3.8, 4) is 6.07 Å². The maximum absolute atomic E-state index is 13.0. The molecule has 21 heavy (non-hydrogen) atoms. The van der Waals surface area contributed by atoms with E-state index >= 15 is 0 Å². The number of nitrogens with one attached hydrogen (secondary N) is 1. The lowest BCUT2D eigenvalue weighted by Crippen LogP contribution is -2.27. The zero-order valence-electron chi connectivity index (χ0n) is 12.8. The van der Waals surface area contributed by atoms with Crippen molar-refractivity contribution in [2.24, 2.45) is 5.92 Å². The molecule has 0 radical (unpaired) electrons. The number of anilines is 1. The van der Waals surface area contributed by atoms with Crippen LogP contribution in [0.4, 0.5) is 10.1 Å². The van der Waals surface area contributed by atoms with Crippen LogP contribution in [0.3, 0.4) is 0 Å². The summed E-state index contributed by atoms with van der Waals surface area (Å²) >= 11 is 0. The van der Waals surface area contributed by atoms with E-state index < -0.39 is 11.9 Å². The SMILES string of the molecule is CC(C)CC(C)OCC(O)CNc1ccc(F)cc1C#N. The summed E-state index contributed by atoms with van der Waals surface area (Å²) in [7, 11) is 0. The van der Waals surface area contributed by atoms with Crippen LogP contribution < -0.4 is 5.32 Å². The monoisotopic (exact) mass is 294 g/mol. The van der Waals surface area contributed by atoms with E-state index in [1.807, 2.05) is 13.0 Å². The lowest BCUT2D eigenvalue weighted by molar-refractivity contribution is -0.00443. The van der Waals surface area contributed by atoms with Gasteiger partial charge in [-0.15, -0.1) is 0 Å². The molecule has 0 amide bonds. The van der Waals surface area contributed by atoms with E-state index in [-0.39, 0.29) is 24.8 Å². The van der Waals surface area contributed by atoms with Gasteiger partial charge in [-0.2, -0.15) is 5.26 Å². The molecule has 0 aromatic heterocycles. The average Bonchev–Trinajstić information content (AvgIpc) is 2.42. The predicted molar refractivity (Wildman–Crippen MR) is 80.5 cm³/mol. The maximum atomic E-state index is 13.0. The van der Waals surface area contributed by atoms with Crippen LogP contribution in [0.2, 0.25) is 0 Å². The largest absolute Gasteiger partial charge is 0.389 e. The van der Waals surface area contributed by atoms with Gasteiger partial charge < -0.3 is 15.2 Å². The summed E-state index contributed by atoms with van der Waals surface area (Å²) < 4.78 is 18.6. The van der Waals surface area contributed by atoms with Crippen molar-refractivity contribution in [1.29, 1.82) is 5.26 Å². The highest BCUT2D eigenvalue weighted by molar-refractivity contribution is 5.57. The Kier molecular flexibility index (Phi) is 7.13. The molecule has 0 aliphatic carbocycles. The minimum Gasteiger partial charge on any atom is -0.389 e. The zero-order valence-corrected chi connectivity index (χ0v) is 12.8. The smallest absolute Gasteiger partial charge is 0.124 e. The Hall–Kier alpha value is -1.64. The quantitative estimate of drug-likeness (QED) is 0.773. The molecule has 4 nitrogen and oxygen atoms in total. The molecule has 116 valence electrons. The summed E-state index contributed by atoms with van der Waals surface area (Å²) in [5, 5.41) is 21.7. The van der Waals surface area contributed by atoms with Gasteiger partial charge in [0.2, 0.25) is 0 Å². The normalized spacial score (nSPS) is 13.8. The van der Waals surface area contributed by atoms with Crippen LogP contribution in [0.5, 0.6) is 0 Å². The summed E-state index contributed by atoms with van der Waals surface area (Å²) in [5.74, 6) is 0.0937. The second-order valence-electron chi connectivity index (χ2n) is 5.61. The third-order valence-corrected chi connectivity index (χ3v) is 3.01. The number of hydrogen-bond donors (Lipinski definition) is 2. The first-order valence-electron chi connectivity index (χ1n) is 7.15. The fourth-order valence-corrected chi connectivity index (χ4v) is 2.06. The van der Waals surface area contributed by atoms with Gasteiger partial charge in [-0.3, -0.25) is 0 Å². The first-order chi connectivity index (χ1) is 9.92. The molecular weight excluding hydrogens is 271 g/mol. The third-order valence-electron chi connectivity index (χ3n) is 3.01. The molecule has 0 aliphatic rings. The van der Waals surface area contributed by atoms with Crippen LogP contribution in [0, 0.1) is 23.1 Å². The number of aliphatic hydroxyl groups is 1. The standard InChI is InChI=1S/C16H23FN2O2/c1-11(2)6-12(3)21-10-15(20)9-19-16-5-4-14(17)7-13(16)8-18/h4-5,7,11-12,15,19-20H,6,9-10H2,1-3H3. The Labute approximate surface area is 125 Å². The fraction of sp³-hybridized carbons (Fsp3) is 0.562. The molecule has 2 atom stereocenters. The van der Waals surface area contributed by atoms with E-state index in [2.05, 4.69) is 19.2 Å². The molecule has 0 fully saturated rings. The molecule has 1 rings (SSSR count). The summed E-state index contributed by atoms with van der Waals surface area (Å²) in [6, 6.07) is 5.84. The average molecular weight is 294 g/mol. The topological polar surface area (TPSA) is 65.3 Å². The number of halogens is 1. The van der Waals surface area contributed by atoms with Crippen molar-refractivity contribution in [3.63, 3.8) is 0 Å². The lowest BCUT2D eigenvalue weighted by atomic mass is 10.1. The molecule has 0 saturated heterocycles. The number of nitriles is 1. The molecule has 5 heteroatoms. The Bertz CT molecular complexity index is 486. The van der Waals surface area contributed by atoms with Gasteiger partial charge in [0, 0.05) is 6.54 Å². The summed E-state index contributed by atoms with van der Waals surface area (Å²) in [6.45, 7) is 6.69. The fourth-order valence-electron chi connectivity index (χ4n) is 2.06. The highest BCUT2D eigenvalue weighted by Crippen LogP contribution is 2.16. The van der Waals surface area contributed by atoms with Crippen LogP contribution in [-0.4, -0.2) is 30.5 Å². The molecule has 2 N–H and O–H groups in total. The first kappa shape index (κ1) is 17.4. The van der Waals surface area contributed by atoms with Crippen molar-refractivity contribution >= 4 is 5.69 Å². The highest BCUT2D eigenvalue weighted by Gasteiger charge is 2.11. The number of benzene rings is 1. The third kappa shape index (κ3) is 6.56. The van der Waals surface area contributed by atoms with Crippen molar-refractivity contribution in [1.82, 2.24) is 0 Å². The minimum absolute atomic E-state index is 0.0974. The number of rotatable bonds is 8. The van der Waals surface area contributed by atoms with E-state index in [9.17, 15) is 9.50 Å². The Morgan fingerprint density at radius 3 is 2.71 bits per heavy atom. The van der Waals surface area contributed by atoms with Crippen LogP contribution in [0.1, 0.15) is 32.8 Å². The van der Waals surface area contributed by atoms with E-state index in [0.717, 1.165) is 12.5 Å². The number of aliphatic hydroxyl groups excluding tert-OH is 1. The van der Waals surface area contributed by atoms with Gasteiger partial charge in [-0.25, -0.2) is 4.39 Å². The number of ether oxygens (including phenoxy) is 1. The van der Waals surface area contributed by atoms with Gasteiger partial charge in [0.15, 0.2) is 0 Å². The van der Waals surface area contributed by atoms with Gasteiger partial charge in [-0.1, -0.05) is 13.8 Å². The zero-order chi connectivity index (χ0) is 15.8. The lowest BCUT2D eigenvalue weighted by Gasteiger charge is -2.18. The summed E-state index contributed by atoms with van der Waals surface area (Å²) in [6.07, 6.45) is 0.354. The second kappa shape index (κ2) is 8.60. The van der Waals surface area contributed by atoms with Gasteiger partial charge >= 0.3 is 0 Å². The molecule has 0 aliphatic heterocycles. The first-order valence-corrected chi connectivity index (χ1v) is 7.15. The van der Waals surface area contributed by atoms with Crippen LogP contribution in [0.15, 0.2) is 18.2 Å². The van der Waals surface area contributed by atoms with Crippen molar-refractivity contribution in [2.75, 3.05) is 18.5 Å². The molecule has 2 unspecified atom stereocenters.